The number of aromatic nitrogens is 1. The smallest absolute Gasteiger partial charge is 0.410 e. The number of nitrogens with zero attached hydrogens (tertiary/aromatic N) is 3. The van der Waals surface area contributed by atoms with Crippen molar-refractivity contribution in [1.82, 2.24) is 25.0 Å². The van der Waals surface area contributed by atoms with Crippen LogP contribution < -0.4 is 5.32 Å². The third-order valence-corrected chi connectivity index (χ3v) is 8.70. The third-order valence-electron chi connectivity index (χ3n) is 8.70. The number of likely N-dealkylation sites (tertiary alicyclic amines) is 2. The van der Waals surface area contributed by atoms with Crippen molar-refractivity contribution in [3.05, 3.63) is 58.9 Å². The van der Waals surface area contributed by atoms with Crippen molar-refractivity contribution in [3.63, 3.8) is 0 Å². The summed E-state index contributed by atoms with van der Waals surface area (Å²) in [6.45, 7) is 10.7. The molecule has 218 valence electrons. The molecule has 9 heteroatoms. The Morgan fingerprint density at radius 2 is 1.83 bits per heavy atom. The molecule has 2 saturated heterocycles. The van der Waals surface area contributed by atoms with Crippen LogP contribution in [0.15, 0.2) is 36.4 Å². The van der Waals surface area contributed by atoms with E-state index < -0.39 is 11.4 Å². The molecule has 3 aliphatic heterocycles. The van der Waals surface area contributed by atoms with Crippen LogP contribution in [0.2, 0.25) is 0 Å². The van der Waals surface area contributed by atoms with Crippen molar-refractivity contribution in [3.8, 4) is 11.3 Å². The average molecular weight is 562 g/mol. The molecule has 0 saturated carbocycles. The monoisotopic (exact) mass is 561 g/mol. The van der Waals surface area contributed by atoms with Crippen LogP contribution in [0, 0.1) is 5.82 Å². The molecule has 2 N–H and O–H groups in total. The highest BCUT2D eigenvalue weighted by molar-refractivity contribution is 6.10. The van der Waals surface area contributed by atoms with Gasteiger partial charge in [0.25, 0.3) is 5.91 Å². The molecule has 0 radical (unpaired) electrons. The number of amides is 2. The number of piperidine rings is 1. The Bertz CT molecular complexity index is 1450. The van der Waals surface area contributed by atoms with Gasteiger partial charge in [-0.2, -0.15) is 0 Å². The first-order valence-corrected chi connectivity index (χ1v) is 14.7. The van der Waals surface area contributed by atoms with E-state index in [0.29, 0.717) is 36.1 Å². The summed E-state index contributed by atoms with van der Waals surface area (Å²) in [6, 6.07) is 12.3. The summed E-state index contributed by atoms with van der Waals surface area (Å²) in [6.07, 6.45) is 2.71. The first-order chi connectivity index (χ1) is 19.6. The van der Waals surface area contributed by atoms with E-state index in [1.807, 2.05) is 20.8 Å². The molecule has 2 amide bonds. The molecule has 1 aromatic heterocycles. The lowest BCUT2D eigenvalue weighted by atomic mass is 9.98. The van der Waals surface area contributed by atoms with Crippen molar-refractivity contribution in [2.24, 2.45) is 0 Å². The highest BCUT2D eigenvalue weighted by Crippen LogP contribution is 2.35. The maximum absolute atomic E-state index is 14.2. The fraction of sp³-hybridized carbons (Fsp3) is 0.500. The van der Waals surface area contributed by atoms with Crippen molar-refractivity contribution in [2.45, 2.75) is 64.3 Å². The number of carbonyl (C=O) groups is 2. The molecule has 0 atom stereocenters. The second-order valence-electron chi connectivity index (χ2n) is 12.8. The maximum Gasteiger partial charge on any atom is 0.410 e. The van der Waals surface area contributed by atoms with Crippen molar-refractivity contribution in [1.29, 1.82) is 0 Å². The van der Waals surface area contributed by atoms with Crippen LogP contribution in [0.3, 0.4) is 0 Å². The Labute approximate surface area is 240 Å². The van der Waals surface area contributed by atoms with E-state index in [0.717, 1.165) is 67.8 Å². The van der Waals surface area contributed by atoms with Crippen LogP contribution in [0.4, 0.5) is 9.18 Å². The number of ether oxygens (including phenoxy) is 1. The zero-order valence-electron chi connectivity index (χ0n) is 24.4. The van der Waals surface area contributed by atoms with Crippen LogP contribution in [0.25, 0.3) is 22.2 Å². The van der Waals surface area contributed by atoms with Crippen LogP contribution >= 0.6 is 0 Å². The summed E-state index contributed by atoms with van der Waals surface area (Å²) in [7, 11) is 2.20. The number of nitrogens with one attached hydrogen (secondary N) is 2. The molecule has 4 heterocycles. The lowest BCUT2D eigenvalue weighted by molar-refractivity contribution is -0.0238. The number of halogens is 1. The Balaban J connectivity index is 1.05. The number of hydrogen-bond acceptors (Lipinski definition) is 5. The van der Waals surface area contributed by atoms with E-state index in [9.17, 15) is 14.0 Å². The molecule has 8 nitrogen and oxygen atoms in total. The molecule has 41 heavy (non-hydrogen) atoms. The number of hydrogen-bond donors (Lipinski definition) is 2. The fourth-order valence-electron chi connectivity index (χ4n) is 6.48. The maximum atomic E-state index is 14.2. The Hall–Kier alpha value is -3.43. The number of rotatable bonds is 5. The summed E-state index contributed by atoms with van der Waals surface area (Å²) in [5.74, 6) is -0.637. The van der Waals surface area contributed by atoms with Gasteiger partial charge < -0.3 is 19.9 Å². The largest absolute Gasteiger partial charge is 0.444 e. The SMILES string of the molecule is CN(Cc1ccc(-c2[nH]c3cc(F)cc4c3c2CCNC4=O)cc1)C1CCN(C2CN(C(=O)OC(C)(C)C)C2)CC1. The van der Waals surface area contributed by atoms with E-state index in [2.05, 4.69) is 51.4 Å². The van der Waals surface area contributed by atoms with Gasteiger partial charge in [-0.1, -0.05) is 24.3 Å². The van der Waals surface area contributed by atoms with Crippen molar-refractivity contribution < 1.29 is 18.7 Å². The first kappa shape index (κ1) is 27.7. The molecule has 0 aliphatic carbocycles. The van der Waals surface area contributed by atoms with Gasteiger partial charge in [-0.05, 0) is 75.9 Å². The Morgan fingerprint density at radius 3 is 2.51 bits per heavy atom. The highest BCUT2D eigenvalue weighted by atomic mass is 19.1. The molecule has 2 aromatic carbocycles. The quantitative estimate of drug-likeness (QED) is 0.469. The number of H-pyrrole nitrogens is 1. The predicted octanol–water partition coefficient (Wildman–Crippen LogP) is 4.78. The van der Waals surface area contributed by atoms with E-state index >= 15 is 0 Å². The van der Waals surface area contributed by atoms with Gasteiger partial charge in [-0.25, -0.2) is 9.18 Å². The van der Waals surface area contributed by atoms with Gasteiger partial charge in [0, 0.05) is 67.9 Å². The number of aromatic amines is 1. The second-order valence-corrected chi connectivity index (χ2v) is 12.8. The van der Waals surface area contributed by atoms with Gasteiger partial charge in [0.15, 0.2) is 0 Å². The van der Waals surface area contributed by atoms with Crippen LogP contribution in [0.1, 0.15) is 55.1 Å². The summed E-state index contributed by atoms with van der Waals surface area (Å²) in [4.78, 5) is 34.9. The topological polar surface area (TPSA) is 80.9 Å². The van der Waals surface area contributed by atoms with Crippen LogP contribution in [0.5, 0.6) is 0 Å². The van der Waals surface area contributed by atoms with Gasteiger partial charge in [0.1, 0.15) is 11.4 Å². The second kappa shape index (κ2) is 10.8. The summed E-state index contributed by atoms with van der Waals surface area (Å²) >= 11 is 0. The normalized spacial score (nSPS) is 18.9. The van der Waals surface area contributed by atoms with Crippen LogP contribution in [-0.4, -0.2) is 89.1 Å². The molecule has 0 bridgehead atoms. The van der Waals surface area contributed by atoms with E-state index in [-0.39, 0.29) is 12.0 Å². The predicted molar refractivity (Wildman–Crippen MR) is 157 cm³/mol. The fourth-order valence-corrected chi connectivity index (χ4v) is 6.48. The van der Waals surface area contributed by atoms with E-state index in [1.54, 1.807) is 4.90 Å². The number of benzene rings is 2. The van der Waals surface area contributed by atoms with Gasteiger partial charge in [0.2, 0.25) is 0 Å². The summed E-state index contributed by atoms with van der Waals surface area (Å²) < 4.78 is 19.7. The molecule has 0 spiro atoms. The minimum Gasteiger partial charge on any atom is -0.444 e. The molecule has 3 aliphatic rings. The first-order valence-electron chi connectivity index (χ1n) is 14.7. The molecular formula is C32H40FN5O3. The number of carbonyl (C=O) groups excluding carboxylic acids is 2. The van der Waals surface area contributed by atoms with Crippen molar-refractivity contribution >= 4 is 22.9 Å². The Morgan fingerprint density at radius 1 is 1.12 bits per heavy atom. The van der Waals surface area contributed by atoms with E-state index in [1.165, 1.54) is 17.7 Å². The van der Waals surface area contributed by atoms with Gasteiger partial charge in [0.05, 0.1) is 5.56 Å². The molecule has 6 rings (SSSR count). The van der Waals surface area contributed by atoms with Crippen LogP contribution in [-0.2, 0) is 17.7 Å². The van der Waals surface area contributed by atoms with E-state index in [4.69, 9.17) is 4.74 Å². The minimum atomic E-state index is -0.457. The summed E-state index contributed by atoms with van der Waals surface area (Å²) in [5.41, 5.74) is 4.91. The summed E-state index contributed by atoms with van der Waals surface area (Å²) in [5, 5.41) is 3.71. The van der Waals surface area contributed by atoms with Gasteiger partial charge in [-0.3, -0.25) is 14.6 Å². The zero-order chi connectivity index (χ0) is 28.9. The molecule has 3 aromatic rings. The van der Waals surface area contributed by atoms with Gasteiger partial charge in [-0.15, -0.1) is 0 Å². The molecule has 2 fully saturated rings. The molecular weight excluding hydrogens is 521 g/mol. The molecule has 0 unspecified atom stereocenters. The van der Waals surface area contributed by atoms with Gasteiger partial charge >= 0.3 is 6.09 Å². The average Bonchev–Trinajstić information content (AvgIpc) is 3.16. The lowest BCUT2D eigenvalue weighted by Gasteiger charge is -2.48. The minimum absolute atomic E-state index is 0.209. The highest BCUT2D eigenvalue weighted by Gasteiger charge is 2.38. The zero-order valence-corrected chi connectivity index (χ0v) is 24.4. The third kappa shape index (κ3) is 5.70. The standard InChI is InChI=1S/C32H40FN5O3/c1-32(2,3)41-31(40)38-18-24(19-38)37-13-10-23(11-14-37)36(4)17-20-5-7-21(8-6-20)29-25-9-12-34-30(39)26-15-22(33)16-27(35-29)28(25)26/h5-8,15-16,23-24,35H,9-14,17-19H2,1-4H3,(H,34,39). The lowest BCUT2D eigenvalue weighted by Crippen LogP contribution is -2.63. The Kier molecular flexibility index (Phi) is 7.28. The van der Waals surface area contributed by atoms with Crippen molar-refractivity contribution in [2.75, 3.05) is 39.8 Å².